The molecule has 2 atom stereocenters. The molecule has 1 aromatic heterocycles. The molecule has 2 amide bonds. The second kappa shape index (κ2) is 3.91. The molecule has 3 heterocycles. The van der Waals surface area contributed by atoms with Crippen LogP contribution in [0.3, 0.4) is 0 Å². The molecule has 0 radical (unpaired) electrons. The zero-order valence-corrected chi connectivity index (χ0v) is 9.39. The minimum atomic E-state index is -0.110. The van der Waals surface area contributed by atoms with Crippen LogP contribution in [0.2, 0.25) is 0 Å². The van der Waals surface area contributed by atoms with Crippen LogP contribution in [0.5, 0.6) is 0 Å². The molecule has 0 aliphatic carbocycles. The number of carbonyl (C=O) groups excluding carboxylic acids is 2. The Labute approximate surface area is 98.8 Å². The van der Waals surface area contributed by atoms with E-state index < -0.39 is 0 Å². The number of amides is 2. The highest BCUT2D eigenvalue weighted by atomic mass is 16.3. The van der Waals surface area contributed by atoms with Gasteiger partial charge in [0.15, 0.2) is 5.76 Å². The SMILES string of the molecule is O=C1NCC2C1CCCN2C(=O)c1ccco1. The van der Waals surface area contributed by atoms with Crippen LogP contribution < -0.4 is 5.32 Å². The maximum Gasteiger partial charge on any atom is 0.289 e. The molecule has 0 spiro atoms. The highest BCUT2D eigenvalue weighted by molar-refractivity contribution is 5.93. The predicted octanol–water partition coefficient (Wildman–Crippen LogP) is 0.630. The van der Waals surface area contributed by atoms with Crippen molar-refractivity contribution in [2.24, 2.45) is 5.92 Å². The Kier molecular flexibility index (Phi) is 2.39. The van der Waals surface area contributed by atoms with Crippen LogP contribution in [0.15, 0.2) is 22.8 Å². The van der Waals surface area contributed by atoms with Gasteiger partial charge in [0.05, 0.1) is 18.2 Å². The number of nitrogens with zero attached hydrogens (tertiary/aromatic N) is 1. The van der Waals surface area contributed by atoms with E-state index in [0.29, 0.717) is 18.8 Å². The Morgan fingerprint density at radius 3 is 3.18 bits per heavy atom. The summed E-state index contributed by atoms with van der Waals surface area (Å²) in [6.07, 6.45) is 3.24. The maximum atomic E-state index is 12.2. The van der Waals surface area contributed by atoms with Crippen molar-refractivity contribution in [2.75, 3.05) is 13.1 Å². The number of hydrogen-bond acceptors (Lipinski definition) is 3. The highest BCUT2D eigenvalue weighted by Crippen LogP contribution is 2.28. The summed E-state index contributed by atoms with van der Waals surface area (Å²) in [7, 11) is 0. The van der Waals surface area contributed by atoms with Gasteiger partial charge in [-0.2, -0.15) is 0 Å². The molecule has 5 heteroatoms. The normalized spacial score (nSPS) is 27.8. The summed E-state index contributed by atoms with van der Waals surface area (Å²) in [5.74, 6) is 0.279. The molecular weight excluding hydrogens is 220 g/mol. The van der Waals surface area contributed by atoms with Crippen molar-refractivity contribution < 1.29 is 14.0 Å². The Morgan fingerprint density at radius 1 is 1.53 bits per heavy atom. The van der Waals surface area contributed by atoms with Crippen molar-refractivity contribution in [1.82, 2.24) is 10.2 Å². The second-order valence-electron chi connectivity index (χ2n) is 4.54. The zero-order valence-electron chi connectivity index (χ0n) is 9.39. The van der Waals surface area contributed by atoms with E-state index >= 15 is 0 Å². The van der Waals surface area contributed by atoms with Crippen molar-refractivity contribution in [3.63, 3.8) is 0 Å². The van der Waals surface area contributed by atoms with Gasteiger partial charge in [-0.25, -0.2) is 0 Å². The average Bonchev–Trinajstić information content (AvgIpc) is 2.98. The van der Waals surface area contributed by atoms with Gasteiger partial charge in [-0.1, -0.05) is 0 Å². The lowest BCUT2D eigenvalue weighted by Crippen LogP contribution is -2.48. The molecule has 5 nitrogen and oxygen atoms in total. The molecule has 17 heavy (non-hydrogen) atoms. The summed E-state index contributed by atoms with van der Waals surface area (Å²) in [5.41, 5.74) is 0. The molecule has 2 saturated heterocycles. The first kappa shape index (κ1) is 10.4. The van der Waals surface area contributed by atoms with E-state index in [0.717, 1.165) is 12.8 Å². The van der Waals surface area contributed by atoms with E-state index in [1.54, 1.807) is 17.0 Å². The topological polar surface area (TPSA) is 62.6 Å². The van der Waals surface area contributed by atoms with Crippen molar-refractivity contribution in [3.8, 4) is 0 Å². The van der Waals surface area contributed by atoms with Gasteiger partial charge in [0.25, 0.3) is 5.91 Å². The van der Waals surface area contributed by atoms with Crippen LogP contribution in [0.4, 0.5) is 0 Å². The fourth-order valence-electron chi connectivity index (χ4n) is 2.75. The van der Waals surface area contributed by atoms with Crippen LogP contribution in [-0.2, 0) is 4.79 Å². The number of fused-ring (bicyclic) bond motifs is 1. The third kappa shape index (κ3) is 1.62. The molecule has 0 aromatic carbocycles. The molecule has 90 valence electrons. The molecule has 3 rings (SSSR count). The lowest BCUT2D eigenvalue weighted by Gasteiger charge is -2.35. The highest BCUT2D eigenvalue weighted by Gasteiger charge is 2.43. The van der Waals surface area contributed by atoms with E-state index in [1.165, 1.54) is 6.26 Å². The number of nitrogens with one attached hydrogen (secondary N) is 1. The minimum Gasteiger partial charge on any atom is -0.459 e. The van der Waals surface area contributed by atoms with Crippen molar-refractivity contribution in [1.29, 1.82) is 0 Å². The molecule has 2 unspecified atom stereocenters. The van der Waals surface area contributed by atoms with Crippen molar-refractivity contribution >= 4 is 11.8 Å². The number of rotatable bonds is 1. The molecule has 1 N–H and O–H groups in total. The van der Waals surface area contributed by atoms with Gasteiger partial charge >= 0.3 is 0 Å². The van der Waals surface area contributed by atoms with Crippen LogP contribution in [0.25, 0.3) is 0 Å². The van der Waals surface area contributed by atoms with Gasteiger partial charge in [-0.15, -0.1) is 0 Å². The van der Waals surface area contributed by atoms with Gasteiger partial charge in [-0.05, 0) is 25.0 Å². The fraction of sp³-hybridized carbons (Fsp3) is 0.500. The van der Waals surface area contributed by atoms with Crippen molar-refractivity contribution in [3.05, 3.63) is 24.2 Å². The molecule has 2 aliphatic rings. The molecule has 0 bridgehead atoms. The van der Waals surface area contributed by atoms with Gasteiger partial charge < -0.3 is 14.6 Å². The maximum absolute atomic E-state index is 12.2. The molecular formula is C12H14N2O3. The van der Waals surface area contributed by atoms with Gasteiger partial charge in [0.2, 0.25) is 5.91 Å². The van der Waals surface area contributed by atoms with Crippen LogP contribution in [0, 0.1) is 5.92 Å². The number of likely N-dealkylation sites (tertiary alicyclic amines) is 1. The van der Waals surface area contributed by atoms with Gasteiger partial charge in [0, 0.05) is 13.1 Å². The molecule has 0 saturated carbocycles. The van der Waals surface area contributed by atoms with Gasteiger partial charge in [0.1, 0.15) is 0 Å². The summed E-state index contributed by atoms with van der Waals surface area (Å²) in [6, 6.07) is 3.36. The second-order valence-corrected chi connectivity index (χ2v) is 4.54. The van der Waals surface area contributed by atoms with E-state index in [4.69, 9.17) is 4.42 Å². The smallest absolute Gasteiger partial charge is 0.289 e. The zero-order chi connectivity index (χ0) is 11.8. The van der Waals surface area contributed by atoms with E-state index in [-0.39, 0.29) is 23.8 Å². The lowest BCUT2D eigenvalue weighted by molar-refractivity contribution is -0.123. The summed E-state index contributed by atoms with van der Waals surface area (Å²) in [5, 5.41) is 2.83. The molecule has 1 aromatic rings. The third-order valence-corrected chi connectivity index (χ3v) is 3.59. The predicted molar refractivity (Wildman–Crippen MR) is 59.3 cm³/mol. The molecule has 2 aliphatic heterocycles. The standard InChI is InChI=1S/C12H14N2O3/c15-11-8-3-1-5-14(9(8)7-13-11)12(16)10-4-2-6-17-10/h2,4,6,8-9H,1,3,5,7H2,(H,13,15). The number of hydrogen-bond donors (Lipinski definition) is 1. The summed E-state index contributed by atoms with van der Waals surface area (Å²) < 4.78 is 5.13. The van der Waals surface area contributed by atoms with E-state index in [9.17, 15) is 9.59 Å². The number of carbonyl (C=O) groups is 2. The van der Waals surface area contributed by atoms with Gasteiger partial charge in [-0.3, -0.25) is 9.59 Å². The Hall–Kier alpha value is -1.78. The Bertz CT molecular complexity index is 441. The monoisotopic (exact) mass is 234 g/mol. The van der Waals surface area contributed by atoms with E-state index in [2.05, 4.69) is 5.32 Å². The first-order valence-electron chi connectivity index (χ1n) is 5.89. The van der Waals surface area contributed by atoms with Crippen LogP contribution >= 0.6 is 0 Å². The minimum absolute atomic E-state index is 0.00569. The largest absolute Gasteiger partial charge is 0.459 e. The first-order chi connectivity index (χ1) is 8.27. The summed E-state index contributed by atoms with van der Waals surface area (Å²) >= 11 is 0. The van der Waals surface area contributed by atoms with Crippen molar-refractivity contribution in [2.45, 2.75) is 18.9 Å². The average molecular weight is 234 g/mol. The van der Waals surface area contributed by atoms with E-state index in [1.807, 2.05) is 0 Å². The Balaban J connectivity index is 1.83. The molecule has 2 fully saturated rings. The summed E-state index contributed by atoms with van der Waals surface area (Å²) in [4.78, 5) is 25.6. The number of piperidine rings is 1. The first-order valence-corrected chi connectivity index (χ1v) is 5.89. The Morgan fingerprint density at radius 2 is 2.41 bits per heavy atom. The number of furan rings is 1. The third-order valence-electron chi connectivity index (χ3n) is 3.59. The van der Waals surface area contributed by atoms with Crippen LogP contribution in [-0.4, -0.2) is 35.8 Å². The fourth-order valence-corrected chi connectivity index (χ4v) is 2.75. The summed E-state index contributed by atoms with van der Waals surface area (Å²) in [6.45, 7) is 1.27. The quantitative estimate of drug-likeness (QED) is 0.775. The lowest BCUT2D eigenvalue weighted by atomic mass is 9.91. The van der Waals surface area contributed by atoms with Crippen LogP contribution in [0.1, 0.15) is 23.4 Å².